The SMILES string of the molecule is CCCC(C#N)C(=O)N1CCC(C(C)O)CC1. The zero-order chi connectivity index (χ0) is 12.8. The molecule has 0 bridgehead atoms. The van der Waals surface area contributed by atoms with Crippen LogP contribution < -0.4 is 0 Å². The zero-order valence-corrected chi connectivity index (χ0v) is 10.7. The minimum Gasteiger partial charge on any atom is -0.393 e. The monoisotopic (exact) mass is 238 g/mol. The maximum absolute atomic E-state index is 12.0. The summed E-state index contributed by atoms with van der Waals surface area (Å²) in [5, 5.41) is 18.4. The Bertz CT molecular complexity index is 288. The predicted molar refractivity (Wildman–Crippen MR) is 65.0 cm³/mol. The third-order valence-corrected chi connectivity index (χ3v) is 3.56. The number of nitrogens with zero attached hydrogens (tertiary/aromatic N) is 2. The van der Waals surface area contributed by atoms with E-state index in [9.17, 15) is 9.90 Å². The number of aliphatic hydroxyl groups is 1. The predicted octanol–water partition coefficient (Wildman–Crippen LogP) is 1.55. The quantitative estimate of drug-likeness (QED) is 0.808. The highest BCUT2D eigenvalue weighted by atomic mass is 16.3. The smallest absolute Gasteiger partial charge is 0.239 e. The lowest BCUT2D eigenvalue weighted by Crippen LogP contribution is -2.43. The van der Waals surface area contributed by atoms with Gasteiger partial charge in [-0.1, -0.05) is 13.3 Å². The summed E-state index contributed by atoms with van der Waals surface area (Å²) in [7, 11) is 0. The van der Waals surface area contributed by atoms with Gasteiger partial charge in [0.1, 0.15) is 5.92 Å². The molecule has 0 spiro atoms. The van der Waals surface area contributed by atoms with E-state index in [1.54, 1.807) is 11.8 Å². The Balaban J connectivity index is 2.48. The number of piperidine rings is 1. The fourth-order valence-electron chi connectivity index (χ4n) is 2.35. The summed E-state index contributed by atoms with van der Waals surface area (Å²) >= 11 is 0. The van der Waals surface area contributed by atoms with Gasteiger partial charge in [-0.2, -0.15) is 5.26 Å². The number of carbonyl (C=O) groups is 1. The zero-order valence-electron chi connectivity index (χ0n) is 10.7. The average molecular weight is 238 g/mol. The summed E-state index contributed by atoms with van der Waals surface area (Å²) in [4.78, 5) is 13.8. The highest BCUT2D eigenvalue weighted by molar-refractivity contribution is 5.81. The number of hydrogen-bond donors (Lipinski definition) is 1. The number of nitriles is 1. The van der Waals surface area contributed by atoms with E-state index >= 15 is 0 Å². The fourth-order valence-corrected chi connectivity index (χ4v) is 2.35. The Kier molecular flexibility index (Phi) is 5.43. The van der Waals surface area contributed by atoms with Gasteiger partial charge in [0.25, 0.3) is 0 Å². The first-order valence-electron chi connectivity index (χ1n) is 6.46. The highest BCUT2D eigenvalue weighted by Crippen LogP contribution is 2.22. The van der Waals surface area contributed by atoms with Crippen LogP contribution in [0.2, 0.25) is 0 Å². The summed E-state index contributed by atoms with van der Waals surface area (Å²) in [6.45, 7) is 5.14. The molecule has 1 aliphatic rings. The molecule has 0 aromatic heterocycles. The topological polar surface area (TPSA) is 64.3 Å². The van der Waals surface area contributed by atoms with Crippen molar-refractivity contribution >= 4 is 5.91 Å². The first kappa shape index (κ1) is 14.0. The van der Waals surface area contributed by atoms with Crippen molar-refractivity contribution in [1.82, 2.24) is 4.90 Å². The van der Waals surface area contributed by atoms with E-state index in [0.717, 1.165) is 19.3 Å². The minimum absolute atomic E-state index is 0.0293. The van der Waals surface area contributed by atoms with Gasteiger partial charge in [-0.25, -0.2) is 0 Å². The molecular weight excluding hydrogens is 216 g/mol. The summed E-state index contributed by atoms with van der Waals surface area (Å²) < 4.78 is 0. The van der Waals surface area contributed by atoms with Crippen LogP contribution in [0.5, 0.6) is 0 Å². The molecule has 0 aliphatic carbocycles. The maximum atomic E-state index is 12.0. The molecule has 1 saturated heterocycles. The van der Waals surface area contributed by atoms with Crippen LogP contribution in [-0.4, -0.2) is 35.1 Å². The first-order chi connectivity index (χ1) is 8.10. The number of aliphatic hydroxyl groups excluding tert-OH is 1. The molecule has 2 unspecified atom stereocenters. The second kappa shape index (κ2) is 6.61. The Morgan fingerprint density at radius 2 is 2.12 bits per heavy atom. The summed E-state index contributed by atoms with van der Waals surface area (Å²) in [5.41, 5.74) is 0. The standard InChI is InChI=1S/C13H22N2O2/c1-3-4-12(9-14)13(17)15-7-5-11(6-8-15)10(2)16/h10-12,16H,3-8H2,1-2H3. The van der Waals surface area contributed by atoms with Gasteiger partial charge < -0.3 is 10.0 Å². The van der Waals surface area contributed by atoms with E-state index in [0.29, 0.717) is 25.4 Å². The normalized spacial score (nSPS) is 20.7. The largest absolute Gasteiger partial charge is 0.393 e. The van der Waals surface area contributed by atoms with Gasteiger partial charge in [0.15, 0.2) is 0 Å². The Morgan fingerprint density at radius 3 is 2.53 bits per heavy atom. The number of carbonyl (C=O) groups excluding carboxylic acids is 1. The van der Waals surface area contributed by atoms with Crippen molar-refractivity contribution in [3.05, 3.63) is 0 Å². The molecule has 17 heavy (non-hydrogen) atoms. The molecule has 4 heteroatoms. The van der Waals surface area contributed by atoms with E-state index in [-0.39, 0.29) is 12.0 Å². The van der Waals surface area contributed by atoms with Crippen LogP contribution in [0.25, 0.3) is 0 Å². The van der Waals surface area contributed by atoms with Crippen LogP contribution in [0.3, 0.4) is 0 Å². The van der Waals surface area contributed by atoms with Crippen LogP contribution in [0, 0.1) is 23.2 Å². The average Bonchev–Trinajstić information content (AvgIpc) is 2.35. The van der Waals surface area contributed by atoms with Gasteiger partial charge in [-0.3, -0.25) is 4.79 Å². The molecule has 1 fully saturated rings. The fraction of sp³-hybridized carbons (Fsp3) is 0.846. The second-order valence-corrected chi connectivity index (χ2v) is 4.87. The summed E-state index contributed by atoms with van der Waals surface area (Å²) in [6, 6.07) is 2.09. The minimum atomic E-state index is -0.483. The molecule has 0 aromatic carbocycles. The van der Waals surface area contributed by atoms with Crippen LogP contribution >= 0.6 is 0 Å². The number of likely N-dealkylation sites (tertiary alicyclic amines) is 1. The van der Waals surface area contributed by atoms with Crippen molar-refractivity contribution in [2.45, 2.75) is 45.6 Å². The van der Waals surface area contributed by atoms with Crippen LogP contribution in [-0.2, 0) is 4.79 Å². The summed E-state index contributed by atoms with van der Waals surface area (Å²) in [6.07, 6.45) is 2.89. The third kappa shape index (κ3) is 3.71. The highest BCUT2D eigenvalue weighted by Gasteiger charge is 2.29. The van der Waals surface area contributed by atoms with E-state index in [1.807, 2.05) is 6.92 Å². The Hall–Kier alpha value is -1.08. The van der Waals surface area contributed by atoms with Gasteiger partial charge in [0, 0.05) is 13.1 Å². The third-order valence-electron chi connectivity index (χ3n) is 3.56. The van der Waals surface area contributed by atoms with Crippen molar-refractivity contribution in [3.8, 4) is 6.07 Å². The molecule has 96 valence electrons. The molecule has 0 radical (unpaired) electrons. The Morgan fingerprint density at radius 1 is 1.53 bits per heavy atom. The maximum Gasteiger partial charge on any atom is 0.239 e. The van der Waals surface area contributed by atoms with Gasteiger partial charge in [0.2, 0.25) is 5.91 Å². The van der Waals surface area contributed by atoms with E-state index in [2.05, 4.69) is 6.07 Å². The van der Waals surface area contributed by atoms with Crippen molar-refractivity contribution in [1.29, 1.82) is 5.26 Å². The lowest BCUT2D eigenvalue weighted by molar-refractivity contribution is -0.135. The number of hydrogen-bond acceptors (Lipinski definition) is 3. The van der Waals surface area contributed by atoms with Crippen molar-refractivity contribution in [2.24, 2.45) is 11.8 Å². The van der Waals surface area contributed by atoms with Crippen LogP contribution in [0.4, 0.5) is 0 Å². The van der Waals surface area contributed by atoms with Crippen molar-refractivity contribution < 1.29 is 9.90 Å². The summed E-state index contributed by atoms with van der Waals surface area (Å²) in [5.74, 6) is -0.216. The van der Waals surface area contributed by atoms with E-state index in [4.69, 9.17) is 5.26 Å². The van der Waals surface area contributed by atoms with Crippen molar-refractivity contribution in [2.75, 3.05) is 13.1 Å². The molecule has 1 rings (SSSR count). The van der Waals surface area contributed by atoms with Gasteiger partial charge in [-0.05, 0) is 32.1 Å². The Labute approximate surface area is 103 Å². The van der Waals surface area contributed by atoms with Crippen LogP contribution in [0.1, 0.15) is 39.5 Å². The van der Waals surface area contributed by atoms with Gasteiger partial charge >= 0.3 is 0 Å². The van der Waals surface area contributed by atoms with E-state index in [1.165, 1.54) is 0 Å². The lowest BCUT2D eigenvalue weighted by Gasteiger charge is -2.34. The van der Waals surface area contributed by atoms with Gasteiger partial charge in [0.05, 0.1) is 12.2 Å². The molecule has 2 atom stereocenters. The molecule has 0 saturated carbocycles. The molecular formula is C13H22N2O2. The first-order valence-corrected chi connectivity index (χ1v) is 6.46. The van der Waals surface area contributed by atoms with E-state index < -0.39 is 5.92 Å². The van der Waals surface area contributed by atoms with Gasteiger partial charge in [-0.15, -0.1) is 0 Å². The van der Waals surface area contributed by atoms with Crippen LogP contribution in [0.15, 0.2) is 0 Å². The molecule has 1 amide bonds. The molecule has 1 aliphatic heterocycles. The molecule has 1 heterocycles. The number of amides is 1. The molecule has 4 nitrogen and oxygen atoms in total. The lowest BCUT2D eigenvalue weighted by atomic mass is 9.91. The second-order valence-electron chi connectivity index (χ2n) is 4.87. The number of rotatable bonds is 4. The molecule has 0 aromatic rings. The molecule has 1 N–H and O–H groups in total. The van der Waals surface area contributed by atoms with Crippen molar-refractivity contribution in [3.63, 3.8) is 0 Å².